The molecular weight excluding hydrogens is 400 g/mol. The highest BCUT2D eigenvalue weighted by Gasteiger charge is 2.26. The first-order valence-electron chi connectivity index (χ1n) is 9.89. The highest BCUT2D eigenvalue weighted by Crippen LogP contribution is 2.26. The number of rotatable bonds is 4. The fourth-order valence-electron chi connectivity index (χ4n) is 3.67. The number of aromatic nitrogens is 2. The van der Waals surface area contributed by atoms with E-state index in [1.165, 1.54) is 4.31 Å². The van der Waals surface area contributed by atoms with Gasteiger partial charge in [0.15, 0.2) is 0 Å². The lowest BCUT2D eigenvalue weighted by atomic mass is 10.2. The van der Waals surface area contributed by atoms with Gasteiger partial charge < -0.3 is 5.32 Å². The highest BCUT2D eigenvalue weighted by atomic mass is 32.2. The Hall–Kier alpha value is -3.13. The third kappa shape index (κ3) is 4.09. The van der Waals surface area contributed by atoms with E-state index in [2.05, 4.69) is 10.4 Å². The molecule has 0 spiro atoms. The SMILES string of the molecule is Cc1cc(C)n(-c2ccc(C(=O)Nc3cccc(N4CCCCS4(=O)=O)c3)cc2)n1. The zero-order valence-corrected chi connectivity index (χ0v) is 17.8. The first-order chi connectivity index (χ1) is 14.3. The summed E-state index contributed by atoms with van der Waals surface area (Å²) in [6.07, 6.45) is 1.51. The molecule has 156 valence electrons. The van der Waals surface area contributed by atoms with E-state index in [1.807, 2.05) is 36.7 Å². The Labute approximate surface area is 176 Å². The summed E-state index contributed by atoms with van der Waals surface area (Å²) in [5, 5.41) is 7.31. The standard InChI is InChI=1S/C22H24N4O3S/c1-16-14-17(2)26(24-16)20-10-8-18(9-11-20)22(27)23-19-6-5-7-21(15-19)25-12-3-4-13-30(25,28)29/h5-11,14-15H,3-4,12-13H2,1-2H3,(H,23,27). The number of carbonyl (C=O) groups excluding carboxylic acids is 1. The largest absolute Gasteiger partial charge is 0.322 e. The molecule has 0 atom stereocenters. The van der Waals surface area contributed by atoms with Crippen molar-refractivity contribution in [3.63, 3.8) is 0 Å². The fraction of sp³-hybridized carbons (Fsp3) is 0.273. The van der Waals surface area contributed by atoms with Gasteiger partial charge in [0.05, 0.1) is 22.8 Å². The van der Waals surface area contributed by atoms with Crippen LogP contribution in [0.3, 0.4) is 0 Å². The van der Waals surface area contributed by atoms with Crippen LogP contribution in [-0.4, -0.2) is 36.4 Å². The van der Waals surface area contributed by atoms with Crippen molar-refractivity contribution in [1.29, 1.82) is 0 Å². The van der Waals surface area contributed by atoms with Crippen LogP contribution in [-0.2, 0) is 10.0 Å². The van der Waals surface area contributed by atoms with E-state index in [9.17, 15) is 13.2 Å². The summed E-state index contributed by atoms with van der Waals surface area (Å²) >= 11 is 0. The van der Waals surface area contributed by atoms with Crippen LogP contribution >= 0.6 is 0 Å². The summed E-state index contributed by atoms with van der Waals surface area (Å²) in [5.41, 5.74) is 4.48. The Kier molecular flexibility index (Phi) is 5.34. The quantitative estimate of drug-likeness (QED) is 0.693. The van der Waals surface area contributed by atoms with Crippen LogP contribution in [0.25, 0.3) is 5.69 Å². The summed E-state index contributed by atoms with van der Waals surface area (Å²) in [5.74, 6) is -0.0980. The minimum atomic E-state index is -3.29. The first kappa shape index (κ1) is 20.2. The number of nitrogens with one attached hydrogen (secondary N) is 1. The molecule has 4 rings (SSSR count). The van der Waals surface area contributed by atoms with E-state index in [4.69, 9.17) is 0 Å². The molecule has 2 aromatic carbocycles. The topological polar surface area (TPSA) is 84.3 Å². The molecule has 1 aliphatic heterocycles. The van der Waals surface area contributed by atoms with Gasteiger partial charge in [-0.15, -0.1) is 0 Å². The van der Waals surface area contributed by atoms with Gasteiger partial charge in [0, 0.05) is 23.5 Å². The van der Waals surface area contributed by atoms with Crippen LogP contribution in [0.4, 0.5) is 11.4 Å². The molecule has 1 aromatic heterocycles. The van der Waals surface area contributed by atoms with Gasteiger partial charge in [-0.2, -0.15) is 5.10 Å². The minimum absolute atomic E-state index is 0.158. The Bertz CT molecular complexity index is 1180. The molecule has 0 bridgehead atoms. The molecule has 3 aromatic rings. The monoisotopic (exact) mass is 424 g/mol. The summed E-state index contributed by atoms with van der Waals surface area (Å²) in [4.78, 5) is 12.7. The smallest absolute Gasteiger partial charge is 0.255 e. The lowest BCUT2D eigenvalue weighted by Gasteiger charge is -2.28. The van der Waals surface area contributed by atoms with Crippen molar-refractivity contribution in [1.82, 2.24) is 9.78 Å². The minimum Gasteiger partial charge on any atom is -0.322 e. The summed E-state index contributed by atoms with van der Waals surface area (Å²) in [6.45, 7) is 4.39. The van der Waals surface area contributed by atoms with Crippen molar-refractivity contribution in [2.75, 3.05) is 21.9 Å². The molecule has 1 aliphatic rings. The normalized spacial score (nSPS) is 15.7. The number of sulfonamides is 1. The molecule has 2 heterocycles. The zero-order valence-electron chi connectivity index (χ0n) is 17.0. The second-order valence-corrected chi connectivity index (χ2v) is 9.50. The molecule has 30 heavy (non-hydrogen) atoms. The van der Waals surface area contributed by atoms with E-state index in [0.29, 0.717) is 29.9 Å². The fourth-order valence-corrected chi connectivity index (χ4v) is 5.30. The maximum Gasteiger partial charge on any atom is 0.255 e. The lowest BCUT2D eigenvalue weighted by Crippen LogP contribution is -2.37. The van der Waals surface area contributed by atoms with Gasteiger partial charge in [-0.3, -0.25) is 9.10 Å². The molecule has 0 saturated carbocycles. The summed E-state index contributed by atoms with van der Waals surface area (Å²) in [6, 6.07) is 16.2. The number of carbonyl (C=O) groups is 1. The van der Waals surface area contributed by atoms with Crippen molar-refractivity contribution < 1.29 is 13.2 Å². The summed E-state index contributed by atoms with van der Waals surface area (Å²) in [7, 11) is -3.29. The Morgan fingerprint density at radius 2 is 1.77 bits per heavy atom. The highest BCUT2D eigenvalue weighted by molar-refractivity contribution is 7.92. The first-order valence-corrected chi connectivity index (χ1v) is 11.5. The average molecular weight is 425 g/mol. The number of amides is 1. The van der Waals surface area contributed by atoms with Crippen molar-refractivity contribution in [2.45, 2.75) is 26.7 Å². The van der Waals surface area contributed by atoms with E-state index in [-0.39, 0.29) is 11.7 Å². The van der Waals surface area contributed by atoms with Crippen molar-refractivity contribution in [2.24, 2.45) is 0 Å². The van der Waals surface area contributed by atoms with Gasteiger partial charge in [0.1, 0.15) is 0 Å². The van der Waals surface area contributed by atoms with Crippen LogP contribution < -0.4 is 9.62 Å². The molecule has 0 aliphatic carbocycles. The Morgan fingerprint density at radius 1 is 1.00 bits per heavy atom. The number of hydrogen-bond donors (Lipinski definition) is 1. The molecule has 0 radical (unpaired) electrons. The average Bonchev–Trinajstić information content (AvgIpc) is 3.06. The second-order valence-electron chi connectivity index (χ2n) is 7.49. The molecule has 0 unspecified atom stereocenters. The molecule has 1 amide bonds. The zero-order chi connectivity index (χ0) is 21.3. The van der Waals surface area contributed by atoms with Gasteiger partial charge in [-0.1, -0.05) is 6.07 Å². The molecule has 1 N–H and O–H groups in total. The molecule has 1 saturated heterocycles. The van der Waals surface area contributed by atoms with Crippen LogP contribution in [0.15, 0.2) is 54.6 Å². The summed E-state index contributed by atoms with van der Waals surface area (Å²) < 4.78 is 27.9. The van der Waals surface area contributed by atoms with Crippen molar-refractivity contribution in [3.05, 3.63) is 71.5 Å². The van der Waals surface area contributed by atoms with Gasteiger partial charge >= 0.3 is 0 Å². The third-order valence-corrected chi connectivity index (χ3v) is 6.99. The predicted molar refractivity (Wildman–Crippen MR) is 118 cm³/mol. The second kappa shape index (κ2) is 7.95. The lowest BCUT2D eigenvalue weighted by molar-refractivity contribution is 0.102. The number of hydrogen-bond acceptors (Lipinski definition) is 4. The van der Waals surface area contributed by atoms with E-state index in [1.54, 1.807) is 36.4 Å². The predicted octanol–water partition coefficient (Wildman–Crippen LogP) is 3.67. The number of nitrogens with zero attached hydrogens (tertiary/aromatic N) is 3. The molecule has 7 nitrogen and oxygen atoms in total. The molecular formula is C22H24N4O3S. The van der Waals surface area contributed by atoms with E-state index >= 15 is 0 Å². The third-order valence-electron chi connectivity index (χ3n) is 5.12. The van der Waals surface area contributed by atoms with Gasteiger partial charge in [-0.25, -0.2) is 13.1 Å². The van der Waals surface area contributed by atoms with Gasteiger partial charge in [0.2, 0.25) is 10.0 Å². The molecule has 8 heteroatoms. The number of benzene rings is 2. The van der Waals surface area contributed by atoms with Gasteiger partial charge in [0.25, 0.3) is 5.91 Å². The van der Waals surface area contributed by atoms with Crippen molar-refractivity contribution in [3.8, 4) is 5.69 Å². The van der Waals surface area contributed by atoms with Crippen LogP contribution in [0.5, 0.6) is 0 Å². The van der Waals surface area contributed by atoms with Crippen LogP contribution in [0.1, 0.15) is 34.6 Å². The van der Waals surface area contributed by atoms with Crippen LogP contribution in [0.2, 0.25) is 0 Å². The maximum absolute atomic E-state index is 12.7. The number of anilines is 2. The van der Waals surface area contributed by atoms with Gasteiger partial charge in [-0.05, 0) is 75.2 Å². The van der Waals surface area contributed by atoms with E-state index in [0.717, 1.165) is 23.5 Å². The molecule has 1 fully saturated rings. The van der Waals surface area contributed by atoms with Crippen molar-refractivity contribution >= 4 is 27.3 Å². The maximum atomic E-state index is 12.7. The van der Waals surface area contributed by atoms with E-state index < -0.39 is 10.0 Å². The Morgan fingerprint density at radius 3 is 2.43 bits per heavy atom. The Balaban J connectivity index is 1.51. The number of aryl methyl sites for hydroxylation is 2. The van der Waals surface area contributed by atoms with Crippen LogP contribution in [0, 0.1) is 13.8 Å².